The molecular formula is C12H13F3O4. The second-order valence-corrected chi connectivity index (χ2v) is 3.63. The van der Waals surface area contributed by atoms with Crippen molar-refractivity contribution in [2.24, 2.45) is 0 Å². The van der Waals surface area contributed by atoms with Crippen LogP contribution in [0, 0.1) is 0 Å². The summed E-state index contributed by atoms with van der Waals surface area (Å²) < 4.78 is 51.6. The fourth-order valence-electron chi connectivity index (χ4n) is 1.52. The molecule has 1 aromatic rings. The molecule has 7 heteroatoms. The van der Waals surface area contributed by atoms with Gasteiger partial charge in [0, 0.05) is 6.42 Å². The molecule has 0 aliphatic rings. The summed E-state index contributed by atoms with van der Waals surface area (Å²) in [5.74, 6) is -1.17. The van der Waals surface area contributed by atoms with Gasteiger partial charge in [0.25, 0.3) is 0 Å². The zero-order valence-electron chi connectivity index (χ0n) is 10.6. The third-order valence-electron chi connectivity index (χ3n) is 2.41. The van der Waals surface area contributed by atoms with Gasteiger partial charge in [0.05, 0.1) is 21.3 Å². The number of halogens is 3. The minimum Gasteiger partial charge on any atom is -0.493 e. The third-order valence-corrected chi connectivity index (χ3v) is 2.41. The molecular weight excluding hydrogens is 265 g/mol. The SMILES string of the molecule is COc1cc(CC(=O)C(F)(F)F)cc(OC)c1OC. The van der Waals surface area contributed by atoms with Gasteiger partial charge in [-0.3, -0.25) is 4.79 Å². The summed E-state index contributed by atoms with van der Waals surface area (Å²) in [5, 5.41) is 0. The lowest BCUT2D eigenvalue weighted by Gasteiger charge is -2.14. The molecule has 0 bridgehead atoms. The number of ether oxygens (including phenoxy) is 3. The smallest absolute Gasteiger partial charge is 0.450 e. The maximum Gasteiger partial charge on any atom is 0.450 e. The highest BCUT2D eigenvalue weighted by Crippen LogP contribution is 2.38. The maximum atomic E-state index is 12.2. The molecule has 0 atom stereocenters. The Bertz CT molecular complexity index is 444. The van der Waals surface area contributed by atoms with E-state index in [0.717, 1.165) is 0 Å². The molecule has 0 aromatic heterocycles. The summed E-state index contributed by atoms with van der Waals surface area (Å²) in [7, 11) is 4.06. The minimum atomic E-state index is -4.86. The van der Waals surface area contributed by atoms with Crippen LogP contribution in [0.15, 0.2) is 12.1 Å². The van der Waals surface area contributed by atoms with Gasteiger partial charge in [0.15, 0.2) is 11.5 Å². The van der Waals surface area contributed by atoms with Crippen molar-refractivity contribution in [1.82, 2.24) is 0 Å². The first-order chi connectivity index (χ1) is 8.83. The molecule has 0 saturated carbocycles. The van der Waals surface area contributed by atoms with Gasteiger partial charge in [-0.15, -0.1) is 0 Å². The van der Waals surface area contributed by atoms with E-state index in [1.54, 1.807) is 0 Å². The molecule has 0 N–H and O–H groups in total. The number of Topliss-reactive ketones (excluding diaryl/α,β-unsaturated/α-hetero) is 1. The molecule has 0 aliphatic carbocycles. The number of benzene rings is 1. The van der Waals surface area contributed by atoms with E-state index in [0.29, 0.717) is 0 Å². The molecule has 19 heavy (non-hydrogen) atoms. The predicted octanol–water partition coefficient (Wildman–Crippen LogP) is 2.39. The van der Waals surface area contributed by atoms with Gasteiger partial charge in [-0.2, -0.15) is 13.2 Å². The van der Waals surface area contributed by atoms with Gasteiger partial charge in [-0.25, -0.2) is 0 Å². The Labute approximate surface area is 108 Å². The summed E-state index contributed by atoms with van der Waals surface area (Å²) in [5.41, 5.74) is 0.136. The highest BCUT2D eigenvalue weighted by atomic mass is 19.4. The average molecular weight is 278 g/mol. The van der Waals surface area contributed by atoms with Crippen LogP contribution in [-0.4, -0.2) is 33.3 Å². The van der Waals surface area contributed by atoms with Crippen LogP contribution >= 0.6 is 0 Å². The van der Waals surface area contributed by atoms with Crippen LogP contribution in [0.2, 0.25) is 0 Å². The first-order valence-corrected chi connectivity index (χ1v) is 5.22. The van der Waals surface area contributed by atoms with E-state index < -0.39 is 18.4 Å². The minimum absolute atomic E-state index is 0.136. The lowest BCUT2D eigenvalue weighted by atomic mass is 10.1. The monoisotopic (exact) mass is 278 g/mol. The second-order valence-electron chi connectivity index (χ2n) is 3.63. The fraction of sp³-hybridized carbons (Fsp3) is 0.417. The van der Waals surface area contributed by atoms with E-state index >= 15 is 0 Å². The Kier molecular flexibility index (Phi) is 4.63. The first-order valence-electron chi connectivity index (χ1n) is 5.22. The van der Waals surface area contributed by atoms with Gasteiger partial charge in [0.1, 0.15) is 0 Å². The predicted molar refractivity (Wildman–Crippen MR) is 60.9 cm³/mol. The highest BCUT2D eigenvalue weighted by molar-refractivity contribution is 5.86. The Balaban J connectivity index is 3.13. The largest absolute Gasteiger partial charge is 0.493 e. The van der Waals surface area contributed by atoms with E-state index in [4.69, 9.17) is 14.2 Å². The summed E-state index contributed by atoms with van der Waals surface area (Å²) in [6.45, 7) is 0. The maximum absolute atomic E-state index is 12.2. The lowest BCUT2D eigenvalue weighted by Crippen LogP contribution is -2.24. The summed E-state index contributed by atoms with van der Waals surface area (Å²) in [6, 6.07) is 2.62. The second kappa shape index (κ2) is 5.81. The van der Waals surface area contributed by atoms with Crippen molar-refractivity contribution in [2.75, 3.05) is 21.3 Å². The van der Waals surface area contributed by atoms with Gasteiger partial charge in [-0.1, -0.05) is 0 Å². The van der Waals surface area contributed by atoms with Gasteiger partial charge in [-0.05, 0) is 17.7 Å². The average Bonchev–Trinajstić information content (AvgIpc) is 2.36. The molecule has 0 saturated heterocycles. The van der Waals surface area contributed by atoms with Crippen molar-refractivity contribution in [3.63, 3.8) is 0 Å². The number of carbonyl (C=O) groups is 1. The van der Waals surface area contributed by atoms with E-state index in [1.165, 1.54) is 33.5 Å². The van der Waals surface area contributed by atoms with Crippen molar-refractivity contribution in [1.29, 1.82) is 0 Å². The zero-order chi connectivity index (χ0) is 14.6. The number of hydrogen-bond donors (Lipinski definition) is 0. The molecule has 0 unspecified atom stereocenters. The van der Waals surface area contributed by atoms with Crippen LogP contribution in [0.5, 0.6) is 17.2 Å². The number of alkyl halides is 3. The van der Waals surface area contributed by atoms with E-state index in [2.05, 4.69) is 0 Å². The Morgan fingerprint density at radius 3 is 1.84 bits per heavy atom. The topological polar surface area (TPSA) is 44.8 Å². The number of methoxy groups -OCH3 is 3. The van der Waals surface area contributed by atoms with Crippen molar-refractivity contribution >= 4 is 5.78 Å². The zero-order valence-corrected chi connectivity index (χ0v) is 10.6. The van der Waals surface area contributed by atoms with E-state index in [-0.39, 0.29) is 22.8 Å². The molecule has 4 nitrogen and oxygen atoms in total. The number of carbonyl (C=O) groups excluding carboxylic acids is 1. The molecule has 106 valence electrons. The van der Waals surface area contributed by atoms with Crippen molar-refractivity contribution in [2.45, 2.75) is 12.6 Å². The van der Waals surface area contributed by atoms with E-state index in [9.17, 15) is 18.0 Å². The van der Waals surface area contributed by atoms with Crippen LogP contribution < -0.4 is 14.2 Å². The standard InChI is InChI=1S/C12H13F3O4/c1-17-8-4-7(6-10(16)12(13,14)15)5-9(18-2)11(8)19-3/h4-5H,6H2,1-3H3. The molecule has 1 aromatic carbocycles. The van der Waals surface area contributed by atoms with Crippen LogP contribution in [0.1, 0.15) is 5.56 Å². The Morgan fingerprint density at radius 1 is 1.05 bits per heavy atom. The highest BCUT2D eigenvalue weighted by Gasteiger charge is 2.38. The molecule has 0 spiro atoms. The van der Waals surface area contributed by atoms with Crippen molar-refractivity contribution in [3.05, 3.63) is 17.7 Å². The van der Waals surface area contributed by atoms with Crippen LogP contribution in [0.4, 0.5) is 13.2 Å². The third kappa shape index (κ3) is 3.52. The van der Waals surface area contributed by atoms with Crippen LogP contribution in [0.3, 0.4) is 0 Å². The molecule has 1 rings (SSSR count). The molecule has 0 amide bonds. The number of ketones is 1. The van der Waals surface area contributed by atoms with Crippen molar-refractivity contribution in [3.8, 4) is 17.2 Å². The molecule has 0 heterocycles. The normalized spacial score (nSPS) is 11.1. The Morgan fingerprint density at radius 2 is 1.53 bits per heavy atom. The number of hydrogen-bond acceptors (Lipinski definition) is 4. The fourth-order valence-corrected chi connectivity index (χ4v) is 1.52. The van der Waals surface area contributed by atoms with Crippen LogP contribution in [-0.2, 0) is 11.2 Å². The van der Waals surface area contributed by atoms with Gasteiger partial charge in [0.2, 0.25) is 11.5 Å². The quantitative estimate of drug-likeness (QED) is 0.829. The van der Waals surface area contributed by atoms with E-state index in [1.807, 2.05) is 0 Å². The summed E-state index contributed by atoms with van der Waals surface area (Å²) in [6.07, 6.45) is -5.64. The first kappa shape index (κ1) is 15.1. The molecule has 0 radical (unpaired) electrons. The number of rotatable bonds is 5. The van der Waals surface area contributed by atoms with Crippen LogP contribution in [0.25, 0.3) is 0 Å². The molecule has 0 aliphatic heterocycles. The lowest BCUT2D eigenvalue weighted by molar-refractivity contribution is -0.170. The van der Waals surface area contributed by atoms with Crippen molar-refractivity contribution < 1.29 is 32.2 Å². The Hall–Kier alpha value is -1.92. The summed E-state index contributed by atoms with van der Waals surface area (Å²) >= 11 is 0. The van der Waals surface area contributed by atoms with Gasteiger partial charge >= 0.3 is 6.18 Å². The van der Waals surface area contributed by atoms with Gasteiger partial charge < -0.3 is 14.2 Å². The molecule has 0 fully saturated rings. The summed E-state index contributed by atoms with van der Waals surface area (Å²) in [4.78, 5) is 10.9.